The lowest BCUT2D eigenvalue weighted by Crippen LogP contribution is -2.00. The molecule has 0 aliphatic heterocycles. The minimum absolute atomic E-state index is 0.135. The van der Waals surface area contributed by atoms with Crippen LogP contribution < -0.4 is 0 Å². The highest BCUT2D eigenvalue weighted by Gasteiger charge is 2.09. The second kappa shape index (κ2) is 3.06. The number of nitrogens with zero attached hydrogens (tertiary/aromatic N) is 3. The van der Waals surface area contributed by atoms with Crippen LogP contribution >= 0.6 is 15.9 Å². The Kier molecular flexibility index (Phi) is 1.99. The fraction of sp³-hybridized carbons (Fsp3) is 0.125. The molecule has 0 aromatic carbocycles. The van der Waals surface area contributed by atoms with E-state index in [-0.39, 0.29) is 5.56 Å². The molecule has 0 atom stereocenters. The number of halogens is 1. The highest BCUT2D eigenvalue weighted by Crippen LogP contribution is 2.17. The Hall–Kier alpha value is -1.43. The number of carboxylic acids is 1. The molecule has 6 heteroatoms. The second-order valence-corrected chi connectivity index (χ2v) is 3.56. The van der Waals surface area contributed by atoms with Crippen molar-refractivity contribution in [3.05, 3.63) is 28.3 Å². The Labute approximate surface area is 87.5 Å². The van der Waals surface area contributed by atoms with E-state index in [9.17, 15) is 4.79 Å². The van der Waals surface area contributed by atoms with Gasteiger partial charge in [0.25, 0.3) is 0 Å². The van der Waals surface area contributed by atoms with E-state index in [1.54, 1.807) is 4.40 Å². The van der Waals surface area contributed by atoms with Gasteiger partial charge in [-0.3, -0.25) is 4.40 Å². The van der Waals surface area contributed by atoms with Crippen LogP contribution in [0.4, 0.5) is 0 Å². The molecule has 0 radical (unpaired) electrons. The number of aryl methyl sites for hydroxylation is 1. The van der Waals surface area contributed by atoms with Gasteiger partial charge < -0.3 is 5.11 Å². The third kappa shape index (κ3) is 1.27. The molecule has 14 heavy (non-hydrogen) atoms. The van der Waals surface area contributed by atoms with Crippen LogP contribution in [0.5, 0.6) is 0 Å². The first-order valence-corrected chi connectivity index (χ1v) is 4.62. The molecule has 2 aromatic heterocycles. The maximum atomic E-state index is 10.7. The molecule has 5 nitrogen and oxygen atoms in total. The van der Waals surface area contributed by atoms with Crippen molar-refractivity contribution in [3.8, 4) is 0 Å². The molecule has 2 rings (SSSR count). The predicted molar refractivity (Wildman–Crippen MR) is 52.4 cm³/mol. The molecule has 2 aromatic rings. The van der Waals surface area contributed by atoms with E-state index < -0.39 is 5.97 Å². The minimum Gasteiger partial charge on any atom is -0.478 e. The number of aromatic carboxylic acids is 1. The van der Waals surface area contributed by atoms with Crippen molar-refractivity contribution in [1.29, 1.82) is 0 Å². The quantitative estimate of drug-likeness (QED) is 0.839. The number of hydrogen-bond acceptors (Lipinski definition) is 3. The van der Waals surface area contributed by atoms with E-state index in [1.807, 2.05) is 6.92 Å². The highest BCUT2D eigenvalue weighted by molar-refractivity contribution is 9.10. The first-order valence-electron chi connectivity index (χ1n) is 3.83. The summed E-state index contributed by atoms with van der Waals surface area (Å²) in [5.74, 6) is -0.517. The van der Waals surface area contributed by atoms with Gasteiger partial charge in [0.05, 0.1) is 11.3 Å². The summed E-state index contributed by atoms with van der Waals surface area (Å²) < 4.78 is 2.32. The number of carbonyl (C=O) groups is 1. The molecule has 0 saturated carbocycles. The van der Waals surface area contributed by atoms with E-state index in [0.717, 1.165) is 10.3 Å². The van der Waals surface area contributed by atoms with Crippen LogP contribution in [0.3, 0.4) is 0 Å². The molecule has 0 amide bonds. The van der Waals surface area contributed by atoms with Crippen molar-refractivity contribution < 1.29 is 9.90 Å². The van der Waals surface area contributed by atoms with Crippen LogP contribution in [0.2, 0.25) is 0 Å². The summed E-state index contributed by atoms with van der Waals surface area (Å²) >= 11 is 3.30. The summed E-state index contributed by atoms with van der Waals surface area (Å²) in [6.45, 7) is 1.82. The lowest BCUT2D eigenvalue weighted by molar-refractivity contribution is 0.0696. The van der Waals surface area contributed by atoms with Gasteiger partial charge in [0.1, 0.15) is 4.60 Å². The number of aromatic nitrogens is 3. The molecule has 2 heterocycles. The van der Waals surface area contributed by atoms with E-state index >= 15 is 0 Å². The Morgan fingerprint density at radius 1 is 1.64 bits per heavy atom. The largest absolute Gasteiger partial charge is 0.478 e. The first-order chi connectivity index (χ1) is 6.59. The molecule has 0 spiro atoms. The van der Waals surface area contributed by atoms with Crippen molar-refractivity contribution in [2.24, 2.45) is 0 Å². The number of hydrogen-bond donors (Lipinski definition) is 1. The van der Waals surface area contributed by atoms with Crippen LogP contribution in [0, 0.1) is 6.92 Å². The van der Waals surface area contributed by atoms with Gasteiger partial charge >= 0.3 is 5.97 Å². The smallest absolute Gasteiger partial charge is 0.338 e. The van der Waals surface area contributed by atoms with Crippen molar-refractivity contribution in [1.82, 2.24) is 14.4 Å². The van der Waals surface area contributed by atoms with Crippen LogP contribution in [-0.4, -0.2) is 25.4 Å². The van der Waals surface area contributed by atoms with Gasteiger partial charge in [0.15, 0.2) is 0 Å². The number of rotatable bonds is 1. The molecular formula is C8H6BrN3O2. The van der Waals surface area contributed by atoms with Crippen molar-refractivity contribution in [2.75, 3.05) is 0 Å². The summed E-state index contributed by atoms with van der Waals surface area (Å²) in [4.78, 5) is 18.7. The summed E-state index contributed by atoms with van der Waals surface area (Å²) in [5, 5.41) is 8.75. The van der Waals surface area contributed by atoms with Crippen LogP contribution in [0.1, 0.15) is 16.1 Å². The number of imidazole rings is 1. The van der Waals surface area contributed by atoms with Crippen molar-refractivity contribution in [2.45, 2.75) is 6.92 Å². The molecular weight excluding hydrogens is 250 g/mol. The lowest BCUT2D eigenvalue weighted by atomic mass is 10.3. The van der Waals surface area contributed by atoms with Gasteiger partial charge in [0, 0.05) is 12.4 Å². The Bertz CT molecular complexity index is 521. The maximum absolute atomic E-state index is 10.7. The fourth-order valence-electron chi connectivity index (χ4n) is 1.13. The fourth-order valence-corrected chi connectivity index (χ4v) is 1.48. The highest BCUT2D eigenvalue weighted by atomic mass is 79.9. The van der Waals surface area contributed by atoms with Gasteiger partial charge in [-0.1, -0.05) is 0 Å². The monoisotopic (exact) mass is 255 g/mol. The van der Waals surface area contributed by atoms with Crippen molar-refractivity contribution in [3.63, 3.8) is 0 Å². The first kappa shape index (κ1) is 9.14. The van der Waals surface area contributed by atoms with E-state index in [2.05, 4.69) is 25.9 Å². The van der Waals surface area contributed by atoms with Crippen LogP contribution in [0.25, 0.3) is 5.78 Å². The molecule has 0 bridgehead atoms. The Balaban J connectivity index is 2.76. The Morgan fingerprint density at radius 3 is 3.00 bits per heavy atom. The van der Waals surface area contributed by atoms with Gasteiger partial charge in [-0.05, 0) is 22.9 Å². The normalized spacial score (nSPS) is 10.7. The second-order valence-electron chi connectivity index (χ2n) is 2.81. The minimum atomic E-state index is -1.00. The average Bonchev–Trinajstić information content (AvgIpc) is 2.43. The summed E-state index contributed by atoms with van der Waals surface area (Å²) in [7, 11) is 0. The van der Waals surface area contributed by atoms with Crippen LogP contribution in [0.15, 0.2) is 17.0 Å². The standard InChI is InChI=1S/C8H6BrN3O2/c1-4-6(9)12-3-5(7(13)14)2-10-8(12)11-4/h2-3H,1H3,(H,13,14). The SMILES string of the molecule is Cc1nc2ncc(C(=O)O)cn2c1Br. The zero-order valence-corrected chi connectivity index (χ0v) is 8.82. The number of fused-ring (bicyclic) bond motifs is 1. The number of carboxylic acid groups (broad SMARTS) is 1. The summed E-state index contributed by atoms with van der Waals surface area (Å²) in [5.41, 5.74) is 0.913. The van der Waals surface area contributed by atoms with Gasteiger partial charge in [0.2, 0.25) is 5.78 Å². The molecule has 1 N–H and O–H groups in total. The van der Waals surface area contributed by atoms with Crippen LogP contribution in [-0.2, 0) is 0 Å². The molecule has 0 aliphatic rings. The summed E-state index contributed by atoms with van der Waals surface area (Å²) in [6.07, 6.45) is 2.77. The summed E-state index contributed by atoms with van der Waals surface area (Å²) in [6, 6.07) is 0. The predicted octanol–water partition coefficient (Wildman–Crippen LogP) is 1.50. The topological polar surface area (TPSA) is 67.5 Å². The third-order valence-electron chi connectivity index (χ3n) is 1.83. The molecule has 0 saturated heterocycles. The van der Waals surface area contributed by atoms with Gasteiger partial charge in [-0.25, -0.2) is 14.8 Å². The molecule has 0 unspecified atom stereocenters. The van der Waals surface area contributed by atoms with E-state index in [0.29, 0.717) is 5.78 Å². The van der Waals surface area contributed by atoms with Gasteiger partial charge in [-0.2, -0.15) is 0 Å². The van der Waals surface area contributed by atoms with Crippen molar-refractivity contribution >= 4 is 27.7 Å². The Morgan fingerprint density at radius 2 is 2.36 bits per heavy atom. The molecule has 0 fully saturated rings. The maximum Gasteiger partial charge on any atom is 0.338 e. The van der Waals surface area contributed by atoms with E-state index in [4.69, 9.17) is 5.11 Å². The van der Waals surface area contributed by atoms with Gasteiger partial charge in [-0.15, -0.1) is 0 Å². The zero-order valence-electron chi connectivity index (χ0n) is 7.23. The zero-order chi connectivity index (χ0) is 10.3. The molecule has 72 valence electrons. The van der Waals surface area contributed by atoms with E-state index in [1.165, 1.54) is 12.4 Å². The third-order valence-corrected chi connectivity index (χ3v) is 2.78. The molecule has 0 aliphatic carbocycles. The average molecular weight is 256 g/mol. The lowest BCUT2D eigenvalue weighted by Gasteiger charge is -1.96.